The summed E-state index contributed by atoms with van der Waals surface area (Å²) in [5, 5.41) is 4.05. The molecule has 370 valence electrons. The smallest absolute Gasteiger partial charge is 0.134 e. The Hall–Kier alpha value is -7.68. The lowest BCUT2D eigenvalue weighted by atomic mass is 9.51. The van der Waals surface area contributed by atoms with Crippen molar-refractivity contribution in [3.8, 4) is 44.5 Å². The summed E-state index contributed by atoms with van der Waals surface area (Å²) in [5.41, 5.74) is 22.4. The van der Waals surface area contributed by atoms with Crippen LogP contribution in [0.4, 0.5) is 11.4 Å². The van der Waals surface area contributed by atoms with Gasteiger partial charge in [-0.25, -0.2) is 0 Å². The van der Waals surface area contributed by atoms with Crippen LogP contribution in [-0.4, -0.2) is 6.04 Å². The van der Waals surface area contributed by atoms with Crippen LogP contribution >= 0.6 is 0 Å². The summed E-state index contributed by atoms with van der Waals surface area (Å²) in [7, 11) is 0. The average molecular weight is 973 g/mol. The summed E-state index contributed by atoms with van der Waals surface area (Å²) >= 11 is 0. The Morgan fingerprint density at radius 3 is 1.61 bits per heavy atom. The third kappa shape index (κ3) is 8.53. The molecule has 75 heavy (non-hydrogen) atoms. The Labute approximate surface area is 445 Å². The van der Waals surface area contributed by atoms with Gasteiger partial charge in [-0.15, -0.1) is 0 Å². The van der Waals surface area contributed by atoms with E-state index in [2.05, 4.69) is 275 Å². The van der Waals surface area contributed by atoms with Gasteiger partial charge < -0.3 is 10.2 Å². The molecule has 1 fully saturated rings. The first-order valence-electron chi connectivity index (χ1n) is 27.9. The molecule has 0 radical (unpaired) electrons. The molecule has 4 aliphatic carbocycles. The van der Waals surface area contributed by atoms with Crippen LogP contribution in [0.3, 0.4) is 0 Å². The van der Waals surface area contributed by atoms with E-state index in [4.69, 9.17) is 0 Å². The van der Waals surface area contributed by atoms with Gasteiger partial charge in [-0.3, -0.25) is 0 Å². The second-order valence-corrected chi connectivity index (χ2v) is 22.7. The molecule has 1 N–H and O–H groups in total. The molecule has 0 saturated heterocycles. The molecule has 8 aromatic rings. The van der Waals surface area contributed by atoms with Gasteiger partial charge in [0.2, 0.25) is 0 Å². The van der Waals surface area contributed by atoms with Gasteiger partial charge in [0.05, 0.1) is 17.4 Å². The Morgan fingerprint density at radius 1 is 0.507 bits per heavy atom. The van der Waals surface area contributed by atoms with Crippen LogP contribution in [0.1, 0.15) is 87.5 Å². The van der Waals surface area contributed by atoms with E-state index in [0.29, 0.717) is 35.6 Å². The molecule has 2 nitrogen and oxygen atoms in total. The van der Waals surface area contributed by atoms with E-state index >= 15 is 0 Å². The van der Waals surface area contributed by atoms with E-state index in [-0.39, 0.29) is 17.5 Å². The van der Waals surface area contributed by atoms with E-state index in [0.717, 1.165) is 25.7 Å². The first kappa shape index (κ1) is 47.1. The molecule has 0 bridgehead atoms. The first-order chi connectivity index (χ1) is 36.8. The highest BCUT2D eigenvalue weighted by molar-refractivity contribution is 5.90. The summed E-state index contributed by atoms with van der Waals surface area (Å²) in [5.74, 6) is 2.55. The zero-order chi connectivity index (χ0) is 50.6. The SMILES string of the molecule is CC1CC=CC(N2c3ccccc3NC2(C)c2ccc(C3CCC4=C(c5cc(-c6ccccc6)cc(-c6ccccc6)c5)C5=CC=CC(C)C5C(c5cc(-c6ccccc6)cc(-c6ccccc6)c5)C4[C@H]3C)cc2)C1. The molecule has 1 aliphatic heterocycles. The minimum absolute atomic E-state index is 0.253. The molecule has 1 heterocycles. The third-order valence-corrected chi connectivity index (χ3v) is 18.1. The summed E-state index contributed by atoms with van der Waals surface area (Å²) in [6.07, 6.45) is 16.7. The lowest BCUT2D eigenvalue weighted by Gasteiger charge is -2.52. The van der Waals surface area contributed by atoms with Gasteiger partial charge in [0.15, 0.2) is 0 Å². The van der Waals surface area contributed by atoms with Crippen molar-refractivity contribution in [1.82, 2.24) is 0 Å². The lowest BCUT2D eigenvalue weighted by molar-refractivity contribution is 0.195. The maximum Gasteiger partial charge on any atom is 0.134 e. The van der Waals surface area contributed by atoms with E-state index in [1.165, 1.54) is 89.3 Å². The van der Waals surface area contributed by atoms with Crippen molar-refractivity contribution in [2.45, 2.75) is 76.9 Å². The fourth-order valence-corrected chi connectivity index (χ4v) is 14.6. The summed E-state index contributed by atoms with van der Waals surface area (Å²) in [4.78, 5) is 2.67. The number of anilines is 2. The fraction of sp³-hybridized carbons (Fsp3) is 0.233. The molecule has 13 rings (SSSR count). The van der Waals surface area contributed by atoms with Crippen LogP contribution < -0.4 is 10.2 Å². The van der Waals surface area contributed by atoms with Crippen LogP contribution in [-0.2, 0) is 5.66 Å². The zero-order valence-corrected chi connectivity index (χ0v) is 43.9. The monoisotopic (exact) mass is 973 g/mol. The van der Waals surface area contributed by atoms with Gasteiger partial charge in [0.1, 0.15) is 5.66 Å². The van der Waals surface area contributed by atoms with E-state index in [1.54, 1.807) is 5.57 Å². The molecule has 8 aromatic carbocycles. The number of para-hydroxylation sites is 2. The topological polar surface area (TPSA) is 15.3 Å². The van der Waals surface area contributed by atoms with Crippen LogP contribution in [0.5, 0.6) is 0 Å². The van der Waals surface area contributed by atoms with Gasteiger partial charge >= 0.3 is 0 Å². The molecule has 8 unspecified atom stereocenters. The van der Waals surface area contributed by atoms with E-state index in [1.807, 2.05) is 0 Å². The van der Waals surface area contributed by atoms with Crippen molar-refractivity contribution < 1.29 is 0 Å². The molecule has 0 amide bonds. The Balaban J connectivity index is 0.980. The van der Waals surface area contributed by atoms with Crippen molar-refractivity contribution in [3.05, 3.63) is 270 Å². The highest BCUT2D eigenvalue weighted by Gasteiger charge is 2.50. The molecular formula is C73H68N2. The van der Waals surface area contributed by atoms with Gasteiger partial charge in [-0.2, -0.15) is 0 Å². The van der Waals surface area contributed by atoms with Crippen LogP contribution in [0.15, 0.2) is 248 Å². The van der Waals surface area contributed by atoms with Crippen molar-refractivity contribution >= 4 is 16.9 Å². The predicted octanol–water partition coefficient (Wildman–Crippen LogP) is 18.9. The standard InChI is InChI=1S/C73H68N2/c1-48-21-19-31-63(41-48)75-68-34-18-17-33-67(68)74-73(75,4)62-37-35-55(36-38-62)64-39-40-66-70(50(64)3)72(61-46-58(53-27-13-7-14-28-53)43-59(47-61)54-29-15-8-16-30-54)69-49(2)22-20-32-65(69)71(66)60-44-56(51-23-9-5-10-24-51)42-57(45-60)52-25-11-6-12-26-52/h5-20,22-38,42-50,63-64,69-70,72,74H,21,39-41H2,1-4H3/t48?,49?,50-,63?,64?,69?,70?,72?,73?/m0/s1. The van der Waals surface area contributed by atoms with Crippen molar-refractivity contribution in [3.63, 3.8) is 0 Å². The maximum absolute atomic E-state index is 4.05. The average Bonchev–Trinajstić information content (AvgIpc) is 3.85. The van der Waals surface area contributed by atoms with Gasteiger partial charge in [0, 0.05) is 0 Å². The van der Waals surface area contributed by atoms with Crippen LogP contribution in [0, 0.1) is 29.6 Å². The predicted molar refractivity (Wildman–Crippen MR) is 316 cm³/mol. The van der Waals surface area contributed by atoms with Crippen LogP contribution in [0.25, 0.3) is 50.1 Å². The quantitative estimate of drug-likeness (QED) is 0.145. The zero-order valence-electron chi connectivity index (χ0n) is 43.9. The minimum atomic E-state index is -0.383. The number of nitrogens with zero attached hydrogens (tertiary/aromatic N) is 1. The highest BCUT2D eigenvalue weighted by Crippen LogP contribution is 2.62. The number of hydrogen-bond donors (Lipinski definition) is 1. The highest BCUT2D eigenvalue weighted by atomic mass is 15.4. The molecule has 0 aromatic heterocycles. The van der Waals surface area contributed by atoms with Gasteiger partial charge in [0.25, 0.3) is 0 Å². The molecule has 9 atom stereocenters. The first-order valence-corrected chi connectivity index (χ1v) is 27.9. The Kier molecular flexibility index (Phi) is 12.3. The Bertz CT molecular complexity index is 3380. The van der Waals surface area contributed by atoms with Crippen molar-refractivity contribution in [2.24, 2.45) is 29.6 Å². The summed E-state index contributed by atoms with van der Waals surface area (Å²) < 4.78 is 0. The van der Waals surface area contributed by atoms with Gasteiger partial charge in [-0.1, -0.05) is 227 Å². The summed E-state index contributed by atoms with van der Waals surface area (Å²) in [6, 6.07) is 78.4. The second kappa shape index (κ2) is 19.5. The number of fused-ring (bicyclic) bond motifs is 3. The van der Waals surface area contributed by atoms with Crippen molar-refractivity contribution in [2.75, 3.05) is 10.2 Å². The minimum Gasteiger partial charge on any atom is -0.357 e. The fourth-order valence-electron chi connectivity index (χ4n) is 14.6. The summed E-state index contributed by atoms with van der Waals surface area (Å²) in [6.45, 7) is 9.91. The number of benzene rings is 8. The van der Waals surface area contributed by atoms with Crippen LogP contribution in [0.2, 0.25) is 0 Å². The largest absolute Gasteiger partial charge is 0.357 e. The number of rotatable bonds is 9. The van der Waals surface area contributed by atoms with Gasteiger partial charge in [-0.05, 0) is 188 Å². The molecule has 0 spiro atoms. The second-order valence-electron chi connectivity index (χ2n) is 22.7. The number of hydrogen-bond acceptors (Lipinski definition) is 2. The Morgan fingerprint density at radius 2 is 1.04 bits per heavy atom. The third-order valence-electron chi connectivity index (χ3n) is 18.1. The van der Waals surface area contributed by atoms with Crippen molar-refractivity contribution in [1.29, 1.82) is 0 Å². The maximum atomic E-state index is 4.05. The molecule has 2 heteroatoms. The molecule has 1 saturated carbocycles. The molecule has 5 aliphatic rings. The normalized spacial score (nSPS) is 25.7. The van der Waals surface area contributed by atoms with E-state index in [9.17, 15) is 0 Å². The molecular weight excluding hydrogens is 905 g/mol. The van der Waals surface area contributed by atoms with E-state index < -0.39 is 0 Å². The number of allylic oxidation sites excluding steroid dienone is 7. The lowest BCUT2D eigenvalue weighted by Crippen LogP contribution is -2.51. The number of nitrogens with one attached hydrogen (secondary N) is 1.